The van der Waals surface area contributed by atoms with E-state index in [-0.39, 0.29) is 24.6 Å². The van der Waals surface area contributed by atoms with Crippen molar-refractivity contribution in [3.8, 4) is 17.2 Å². The number of halogens is 1. The number of carbonyl (C=O) groups is 2. The fourth-order valence-corrected chi connectivity index (χ4v) is 3.99. The normalized spacial score (nSPS) is 10.2. The van der Waals surface area contributed by atoms with Gasteiger partial charge in [-0.2, -0.15) is 5.26 Å². The number of thiophene rings is 1. The first-order chi connectivity index (χ1) is 14.5. The van der Waals surface area contributed by atoms with Gasteiger partial charge in [-0.25, -0.2) is 4.79 Å². The van der Waals surface area contributed by atoms with E-state index in [0.717, 1.165) is 0 Å². The molecule has 0 aliphatic carbocycles. The molecule has 6 nitrogen and oxygen atoms in total. The first kappa shape index (κ1) is 21.4. The highest BCUT2D eigenvalue weighted by atomic mass is 35.5. The van der Waals surface area contributed by atoms with Crippen molar-refractivity contribution in [1.29, 1.82) is 5.26 Å². The summed E-state index contributed by atoms with van der Waals surface area (Å²) in [5.74, 6) is -0.867. The lowest BCUT2D eigenvalue weighted by atomic mass is 10.0. The Balaban J connectivity index is 1.81. The molecule has 30 heavy (non-hydrogen) atoms. The third kappa shape index (κ3) is 4.98. The molecule has 0 aliphatic heterocycles. The van der Waals surface area contributed by atoms with Crippen LogP contribution in [0.1, 0.15) is 22.8 Å². The van der Waals surface area contributed by atoms with E-state index in [1.54, 1.807) is 48.7 Å². The Hall–Kier alpha value is -3.34. The van der Waals surface area contributed by atoms with E-state index >= 15 is 0 Å². The minimum atomic E-state index is -0.529. The van der Waals surface area contributed by atoms with Crippen LogP contribution >= 0.6 is 22.9 Å². The minimum absolute atomic E-state index is 0.0313. The van der Waals surface area contributed by atoms with E-state index in [9.17, 15) is 9.59 Å². The third-order valence-corrected chi connectivity index (χ3v) is 5.36. The number of nitriles is 1. The molecular weight excluding hydrogens is 422 g/mol. The predicted molar refractivity (Wildman–Crippen MR) is 119 cm³/mol. The van der Waals surface area contributed by atoms with Crippen molar-refractivity contribution >= 4 is 45.5 Å². The highest BCUT2D eigenvalue weighted by molar-refractivity contribution is 7.15. The van der Waals surface area contributed by atoms with Crippen molar-refractivity contribution in [2.45, 2.75) is 6.92 Å². The molecule has 0 saturated carbocycles. The molecule has 3 rings (SSSR count). The Morgan fingerprint density at radius 1 is 1.17 bits per heavy atom. The maximum absolute atomic E-state index is 12.6. The zero-order valence-corrected chi connectivity index (χ0v) is 17.6. The molecule has 0 bridgehead atoms. The van der Waals surface area contributed by atoms with Crippen molar-refractivity contribution in [3.05, 3.63) is 70.1 Å². The van der Waals surface area contributed by atoms with Gasteiger partial charge in [0.2, 0.25) is 5.91 Å². The quantitative estimate of drug-likeness (QED) is 0.495. The molecule has 1 amide bonds. The van der Waals surface area contributed by atoms with Crippen LogP contribution in [0.3, 0.4) is 0 Å². The first-order valence-corrected chi connectivity index (χ1v) is 10.4. The first-order valence-electron chi connectivity index (χ1n) is 9.11. The number of benzene rings is 2. The van der Waals surface area contributed by atoms with E-state index in [0.29, 0.717) is 32.4 Å². The zero-order valence-electron chi connectivity index (χ0n) is 16.1. The molecule has 0 unspecified atom stereocenters. The summed E-state index contributed by atoms with van der Waals surface area (Å²) in [5, 5.41) is 17.4. The summed E-state index contributed by atoms with van der Waals surface area (Å²) in [6, 6.07) is 16.0. The second-order valence-corrected chi connectivity index (χ2v) is 7.44. The smallest absolute Gasteiger partial charge is 0.341 e. The SMILES string of the molecule is CCOC(=O)c1c(-c2ccccc2Cl)csc1NC(=O)CNc1cccc(C#N)c1. The van der Waals surface area contributed by atoms with Gasteiger partial charge in [-0.1, -0.05) is 35.9 Å². The fraction of sp³-hybridized carbons (Fsp3) is 0.136. The van der Waals surface area contributed by atoms with Gasteiger partial charge < -0.3 is 15.4 Å². The predicted octanol–water partition coefficient (Wildman–Crippen LogP) is 5.17. The highest BCUT2D eigenvalue weighted by Crippen LogP contribution is 2.39. The average molecular weight is 440 g/mol. The summed E-state index contributed by atoms with van der Waals surface area (Å²) >= 11 is 7.53. The van der Waals surface area contributed by atoms with Crippen LogP contribution in [-0.2, 0) is 9.53 Å². The maximum atomic E-state index is 12.6. The van der Waals surface area contributed by atoms with Crippen LogP contribution in [0, 0.1) is 11.3 Å². The number of ether oxygens (including phenoxy) is 1. The molecule has 0 saturated heterocycles. The minimum Gasteiger partial charge on any atom is -0.462 e. The molecule has 152 valence electrons. The molecule has 1 heterocycles. The third-order valence-electron chi connectivity index (χ3n) is 4.13. The molecule has 3 aromatic rings. The fourth-order valence-electron chi connectivity index (χ4n) is 2.79. The largest absolute Gasteiger partial charge is 0.462 e. The van der Waals surface area contributed by atoms with Crippen LogP contribution in [0.15, 0.2) is 53.9 Å². The summed E-state index contributed by atoms with van der Waals surface area (Å²) < 4.78 is 5.19. The number of hydrogen-bond acceptors (Lipinski definition) is 6. The van der Waals surface area contributed by atoms with E-state index in [1.807, 2.05) is 18.2 Å². The summed E-state index contributed by atoms with van der Waals surface area (Å²) in [5.41, 5.74) is 2.71. The molecular formula is C22H18ClN3O3S. The van der Waals surface area contributed by atoms with Gasteiger partial charge in [0, 0.05) is 27.2 Å². The van der Waals surface area contributed by atoms with Crippen molar-refractivity contribution < 1.29 is 14.3 Å². The molecule has 0 atom stereocenters. The molecule has 2 aromatic carbocycles. The lowest BCUT2D eigenvalue weighted by Gasteiger charge is -2.10. The molecule has 8 heteroatoms. The molecule has 0 fully saturated rings. The monoisotopic (exact) mass is 439 g/mol. The molecule has 0 radical (unpaired) electrons. The van der Waals surface area contributed by atoms with Crippen molar-refractivity contribution in [2.75, 3.05) is 23.8 Å². The lowest BCUT2D eigenvalue weighted by Crippen LogP contribution is -2.22. The number of carbonyl (C=O) groups excluding carboxylic acids is 2. The second-order valence-electron chi connectivity index (χ2n) is 6.15. The topological polar surface area (TPSA) is 91.2 Å². The Labute approximate surface area is 183 Å². The number of rotatable bonds is 7. The molecule has 1 aromatic heterocycles. The average Bonchev–Trinajstić information content (AvgIpc) is 3.16. The van der Waals surface area contributed by atoms with Crippen LogP contribution < -0.4 is 10.6 Å². The number of anilines is 2. The Kier molecular flexibility index (Phi) is 7.07. The standard InChI is InChI=1S/C22H18ClN3O3S/c1-2-29-22(28)20-17(16-8-3-4-9-18(16)23)13-30-21(20)26-19(27)12-25-15-7-5-6-14(10-15)11-24/h3-10,13,25H,2,12H2,1H3,(H,26,27). The number of amides is 1. The van der Waals surface area contributed by atoms with Gasteiger partial charge in [0.1, 0.15) is 10.6 Å². The lowest BCUT2D eigenvalue weighted by molar-refractivity contribution is -0.114. The van der Waals surface area contributed by atoms with Crippen molar-refractivity contribution in [3.63, 3.8) is 0 Å². The van der Waals surface area contributed by atoms with Gasteiger partial charge in [-0.3, -0.25) is 4.79 Å². The van der Waals surface area contributed by atoms with Crippen LogP contribution in [-0.4, -0.2) is 25.0 Å². The second kappa shape index (κ2) is 9.92. The van der Waals surface area contributed by atoms with Crippen LogP contribution in [0.2, 0.25) is 5.02 Å². The van der Waals surface area contributed by atoms with E-state index in [2.05, 4.69) is 10.6 Å². The zero-order chi connectivity index (χ0) is 21.5. The molecule has 0 spiro atoms. The van der Waals surface area contributed by atoms with Gasteiger partial charge in [0.25, 0.3) is 0 Å². The van der Waals surface area contributed by atoms with Gasteiger partial charge in [-0.15, -0.1) is 11.3 Å². The van der Waals surface area contributed by atoms with Crippen molar-refractivity contribution in [1.82, 2.24) is 0 Å². The number of nitrogens with zero attached hydrogens (tertiary/aromatic N) is 1. The summed E-state index contributed by atoms with van der Waals surface area (Å²) in [4.78, 5) is 25.1. The molecule has 0 aliphatic rings. The number of nitrogens with one attached hydrogen (secondary N) is 2. The number of esters is 1. The Bertz CT molecular complexity index is 1120. The van der Waals surface area contributed by atoms with Gasteiger partial charge in [0.05, 0.1) is 24.8 Å². The van der Waals surface area contributed by atoms with Crippen LogP contribution in [0.25, 0.3) is 11.1 Å². The van der Waals surface area contributed by atoms with E-state index < -0.39 is 5.97 Å². The van der Waals surface area contributed by atoms with Gasteiger partial charge in [0.15, 0.2) is 0 Å². The summed E-state index contributed by atoms with van der Waals surface area (Å²) in [6.07, 6.45) is 0. The summed E-state index contributed by atoms with van der Waals surface area (Å²) in [6.45, 7) is 1.90. The maximum Gasteiger partial charge on any atom is 0.341 e. The van der Waals surface area contributed by atoms with Crippen LogP contribution in [0.5, 0.6) is 0 Å². The van der Waals surface area contributed by atoms with Gasteiger partial charge in [-0.05, 0) is 31.2 Å². The van der Waals surface area contributed by atoms with Crippen LogP contribution in [0.4, 0.5) is 10.7 Å². The highest BCUT2D eigenvalue weighted by Gasteiger charge is 2.23. The summed E-state index contributed by atoms with van der Waals surface area (Å²) in [7, 11) is 0. The van der Waals surface area contributed by atoms with Gasteiger partial charge >= 0.3 is 5.97 Å². The number of hydrogen-bond donors (Lipinski definition) is 2. The van der Waals surface area contributed by atoms with E-state index in [1.165, 1.54) is 11.3 Å². The molecule has 2 N–H and O–H groups in total. The Morgan fingerprint density at radius 2 is 1.97 bits per heavy atom. The van der Waals surface area contributed by atoms with E-state index in [4.69, 9.17) is 21.6 Å². The van der Waals surface area contributed by atoms with Crippen molar-refractivity contribution in [2.24, 2.45) is 0 Å². The Morgan fingerprint density at radius 3 is 2.70 bits per heavy atom.